The summed E-state index contributed by atoms with van der Waals surface area (Å²) in [6, 6.07) is 0. The Morgan fingerprint density at radius 3 is 2.56 bits per heavy atom. The molecule has 0 aromatic carbocycles. The molecule has 7 nitrogen and oxygen atoms in total. The molecule has 1 aromatic heterocycles. The second-order valence-electron chi connectivity index (χ2n) is 4.62. The summed E-state index contributed by atoms with van der Waals surface area (Å²) in [4.78, 5) is 18.0. The molecule has 1 heterocycles. The average Bonchev–Trinajstić information content (AvgIpc) is 2.73. The Bertz CT molecular complexity index is 533. The van der Waals surface area contributed by atoms with E-state index in [1.807, 2.05) is 0 Å². The van der Waals surface area contributed by atoms with E-state index in [0.29, 0.717) is 5.82 Å². The Hall–Kier alpha value is -1.41. The van der Waals surface area contributed by atoms with Crippen LogP contribution >= 0.6 is 0 Å². The van der Waals surface area contributed by atoms with Gasteiger partial charge in [-0.3, -0.25) is 4.79 Å². The highest BCUT2D eigenvalue weighted by atomic mass is 32.2. The number of carbonyl (C=O) groups excluding carboxylic acids is 1. The van der Waals surface area contributed by atoms with Gasteiger partial charge in [-0.1, -0.05) is 0 Å². The number of hydrogen-bond acceptors (Lipinski definition) is 4. The number of nitrogens with zero attached hydrogens (tertiary/aromatic N) is 1. The monoisotopic (exact) mass is 274 g/mol. The molecule has 0 fully saturated rings. The lowest BCUT2D eigenvalue weighted by Crippen LogP contribution is -2.43. The van der Waals surface area contributed by atoms with Gasteiger partial charge in [-0.15, -0.1) is 0 Å². The predicted molar refractivity (Wildman–Crippen MR) is 66.4 cm³/mol. The third-order valence-electron chi connectivity index (χ3n) is 2.51. The average molecular weight is 274 g/mol. The van der Waals surface area contributed by atoms with E-state index in [9.17, 15) is 13.2 Å². The van der Waals surface area contributed by atoms with Crippen LogP contribution in [0.1, 0.15) is 19.7 Å². The number of imidazole rings is 1. The first-order chi connectivity index (χ1) is 8.19. The van der Waals surface area contributed by atoms with Gasteiger partial charge in [0, 0.05) is 13.6 Å². The van der Waals surface area contributed by atoms with Gasteiger partial charge in [-0.25, -0.2) is 18.1 Å². The zero-order valence-corrected chi connectivity index (χ0v) is 11.7. The van der Waals surface area contributed by atoms with Crippen molar-refractivity contribution in [3.63, 3.8) is 0 Å². The summed E-state index contributed by atoms with van der Waals surface area (Å²) in [7, 11) is -2.15. The zero-order chi connectivity index (χ0) is 14.0. The van der Waals surface area contributed by atoms with Crippen molar-refractivity contribution in [1.82, 2.24) is 20.0 Å². The third kappa shape index (κ3) is 3.30. The summed E-state index contributed by atoms with van der Waals surface area (Å²) in [6.07, 6.45) is 1.24. The number of hydrogen-bond donors (Lipinski definition) is 3. The molecule has 0 aliphatic heterocycles. The molecule has 0 radical (unpaired) electrons. The van der Waals surface area contributed by atoms with Crippen LogP contribution in [0.25, 0.3) is 0 Å². The molecule has 0 atom stereocenters. The molecule has 0 bridgehead atoms. The Morgan fingerprint density at radius 1 is 1.50 bits per heavy atom. The SMILES string of the molecule is CNC(=O)C(C)(C)CNS(=O)(=O)c1cnc(C)[nH]1. The highest BCUT2D eigenvalue weighted by Crippen LogP contribution is 2.15. The van der Waals surface area contributed by atoms with Gasteiger partial charge in [0.05, 0.1) is 11.6 Å². The lowest BCUT2D eigenvalue weighted by Gasteiger charge is -2.22. The van der Waals surface area contributed by atoms with Gasteiger partial charge in [0.2, 0.25) is 5.91 Å². The van der Waals surface area contributed by atoms with E-state index >= 15 is 0 Å². The topological polar surface area (TPSA) is 104 Å². The maximum absolute atomic E-state index is 11.9. The lowest BCUT2D eigenvalue weighted by molar-refractivity contribution is -0.128. The minimum Gasteiger partial charge on any atom is -0.359 e. The Labute approximate surface area is 106 Å². The van der Waals surface area contributed by atoms with Crippen molar-refractivity contribution in [3.8, 4) is 0 Å². The summed E-state index contributed by atoms with van der Waals surface area (Å²) < 4.78 is 26.2. The third-order valence-corrected chi connectivity index (χ3v) is 3.83. The van der Waals surface area contributed by atoms with E-state index < -0.39 is 15.4 Å². The van der Waals surface area contributed by atoms with Crippen molar-refractivity contribution < 1.29 is 13.2 Å². The predicted octanol–water partition coefficient (Wildman–Crippen LogP) is -0.231. The van der Waals surface area contributed by atoms with Crippen LogP contribution in [0.3, 0.4) is 0 Å². The lowest BCUT2D eigenvalue weighted by atomic mass is 9.93. The summed E-state index contributed by atoms with van der Waals surface area (Å²) >= 11 is 0. The molecular formula is C10H18N4O3S. The normalized spacial score (nSPS) is 12.4. The van der Waals surface area contributed by atoms with E-state index in [1.54, 1.807) is 20.8 Å². The van der Waals surface area contributed by atoms with E-state index in [0.717, 1.165) is 0 Å². The minimum atomic E-state index is -3.66. The van der Waals surface area contributed by atoms with Crippen LogP contribution in [0, 0.1) is 12.3 Å². The van der Waals surface area contributed by atoms with Crippen molar-refractivity contribution in [1.29, 1.82) is 0 Å². The number of rotatable bonds is 5. The summed E-state index contributed by atoms with van der Waals surface area (Å²) in [6.45, 7) is 4.99. The first-order valence-electron chi connectivity index (χ1n) is 5.42. The minimum absolute atomic E-state index is 0.00675. The number of nitrogens with one attached hydrogen (secondary N) is 3. The standard InChI is InChI=1S/C10H18N4O3S/c1-7-12-5-8(14-7)18(16,17)13-6-10(2,3)9(15)11-4/h5,13H,6H2,1-4H3,(H,11,15)(H,12,14). The number of aryl methyl sites for hydroxylation is 1. The van der Waals surface area contributed by atoms with Gasteiger partial charge in [0.15, 0.2) is 5.03 Å². The van der Waals surface area contributed by atoms with Gasteiger partial charge in [-0.05, 0) is 20.8 Å². The van der Waals surface area contributed by atoms with E-state index in [4.69, 9.17) is 0 Å². The fourth-order valence-corrected chi connectivity index (χ4v) is 2.49. The molecule has 1 rings (SSSR count). The molecule has 18 heavy (non-hydrogen) atoms. The molecule has 0 saturated heterocycles. The number of sulfonamides is 1. The number of amides is 1. The molecule has 0 aliphatic carbocycles. The van der Waals surface area contributed by atoms with Gasteiger partial charge in [0.25, 0.3) is 10.0 Å². The Balaban J connectivity index is 2.77. The van der Waals surface area contributed by atoms with Gasteiger partial charge < -0.3 is 10.3 Å². The Kier molecular flexibility index (Phi) is 4.12. The van der Waals surface area contributed by atoms with Gasteiger partial charge in [0.1, 0.15) is 5.82 Å². The fourth-order valence-electron chi connectivity index (χ4n) is 1.31. The van der Waals surface area contributed by atoms with Crippen molar-refractivity contribution in [2.75, 3.05) is 13.6 Å². The van der Waals surface area contributed by atoms with Crippen LogP contribution in [-0.4, -0.2) is 37.9 Å². The molecule has 3 N–H and O–H groups in total. The zero-order valence-electron chi connectivity index (χ0n) is 10.9. The first kappa shape index (κ1) is 14.7. The first-order valence-corrected chi connectivity index (χ1v) is 6.91. The van der Waals surface area contributed by atoms with Crippen molar-refractivity contribution in [2.45, 2.75) is 25.8 Å². The van der Waals surface area contributed by atoms with Gasteiger partial charge >= 0.3 is 0 Å². The summed E-state index contributed by atoms with van der Waals surface area (Å²) in [5.74, 6) is 0.284. The molecule has 8 heteroatoms. The molecule has 102 valence electrons. The molecule has 0 unspecified atom stereocenters. The molecule has 0 aliphatic rings. The number of aromatic nitrogens is 2. The summed E-state index contributed by atoms with van der Waals surface area (Å²) in [5.41, 5.74) is -0.823. The Morgan fingerprint density at radius 2 is 2.11 bits per heavy atom. The van der Waals surface area contributed by atoms with Crippen molar-refractivity contribution >= 4 is 15.9 Å². The van der Waals surface area contributed by atoms with Crippen molar-refractivity contribution in [2.24, 2.45) is 5.41 Å². The van der Waals surface area contributed by atoms with Crippen LogP contribution in [-0.2, 0) is 14.8 Å². The summed E-state index contributed by atoms with van der Waals surface area (Å²) in [5, 5.41) is 2.48. The molecular weight excluding hydrogens is 256 g/mol. The second kappa shape index (κ2) is 5.07. The number of aromatic amines is 1. The molecule has 0 spiro atoms. The van der Waals surface area contributed by atoms with E-state index in [2.05, 4.69) is 20.0 Å². The van der Waals surface area contributed by atoms with Crippen LogP contribution in [0.2, 0.25) is 0 Å². The largest absolute Gasteiger partial charge is 0.359 e. The van der Waals surface area contributed by atoms with Crippen molar-refractivity contribution in [3.05, 3.63) is 12.0 Å². The van der Waals surface area contributed by atoms with Crippen LogP contribution in [0.5, 0.6) is 0 Å². The van der Waals surface area contributed by atoms with Gasteiger partial charge in [-0.2, -0.15) is 0 Å². The van der Waals surface area contributed by atoms with E-state index in [-0.39, 0.29) is 17.5 Å². The quantitative estimate of drug-likeness (QED) is 0.689. The highest BCUT2D eigenvalue weighted by Gasteiger charge is 2.29. The number of H-pyrrole nitrogens is 1. The van der Waals surface area contributed by atoms with E-state index in [1.165, 1.54) is 13.2 Å². The number of carbonyl (C=O) groups is 1. The van der Waals surface area contributed by atoms with Crippen LogP contribution in [0.15, 0.2) is 11.2 Å². The fraction of sp³-hybridized carbons (Fsp3) is 0.600. The smallest absolute Gasteiger partial charge is 0.257 e. The van der Waals surface area contributed by atoms with Crippen LogP contribution < -0.4 is 10.0 Å². The molecule has 1 aromatic rings. The van der Waals surface area contributed by atoms with Crippen LogP contribution in [0.4, 0.5) is 0 Å². The second-order valence-corrected chi connectivity index (χ2v) is 6.36. The molecule has 1 amide bonds. The highest BCUT2D eigenvalue weighted by molar-refractivity contribution is 7.89. The molecule has 0 saturated carbocycles. The maximum atomic E-state index is 11.9. The maximum Gasteiger partial charge on any atom is 0.257 e.